The molecule has 1 aromatic carbocycles. The molecule has 0 saturated carbocycles. The lowest BCUT2D eigenvalue weighted by Gasteiger charge is -2.26. The number of anilines is 1. The number of aromatic carboxylic acids is 1. The minimum absolute atomic E-state index is 0.0708. The van der Waals surface area contributed by atoms with Crippen molar-refractivity contribution in [3.8, 4) is 6.07 Å². The Balaban J connectivity index is 3.18. The quantitative estimate of drug-likeness (QED) is 0.895. The lowest BCUT2D eigenvalue weighted by atomic mass is 10.1. The van der Waals surface area contributed by atoms with Crippen LogP contribution in [0.25, 0.3) is 0 Å². The van der Waals surface area contributed by atoms with Gasteiger partial charge in [0.15, 0.2) is 0 Å². The smallest absolute Gasteiger partial charge is 0.339 e. The second-order valence-electron chi connectivity index (χ2n) is 3.76. The van der Waals surface area contributed by atoms with Gasteiger partial charge in [-0.3, -0.25) is 0 Å². The van der Waals surface area contributed by atoms with E-state index in [4.69, 9.17) is 22.0 Å². The highest BCUT2D eigenvalue weighted by Gasteiger charge is 2.19. The van der Waals surface area contributed by atoms with Gasteiger partial charge in [0.05, 0.1) is 23.2 Å². The molecule has 90 valence electrons. The molecular weight excluding hydrogens is 240 g/mol. The fourth-order valence-electron chi connectivity index (χ4n) is 1.52. The summed E-state index contributed by atoms with van der Waals surface area (Å²) < 4.78 is 0. The number of carboxylic acids is 1. The molecule has 4 nitrogen and oxygen atoms in total. The standard InChI is InChI=1S/C12H13ClN2O2/c1-8(6-7-14)15(2)10-5-3-4-9(13)11(10)12(16)17/h3-5,8H,6H2,1-2H3,(H,16,17). The van der Waals surface area contributed by atoms with Crippen LogP contribution >= 0.6 is 11.6 Å². The Morgan fingerprint density at radius 3 is 2.82 bits per heavy atom. The zero-order valence-electron chi connectivity index (χ0n) is 9.64. The van der Waals surface area contributed by atoms with Crippen molar-refractivity contribution in [1.29, 1.82) is 5.26 Å². The Labute approximate surface area is 105 Å². The molecule has 0 saturated heterocycles. The Hall–Kier alpha value is -1.73. The minimum Gasteiger partial charge on any atom is -0.478 e. The van der Waals surface area contributed by atoms with Gasteiger partial charge in [-0.05, 0) is 19.1 Å². The number of carbonyl (C=O) groups is 1. The molecule has 1 unspecified atom stereocenters. The molecule has 17 heavy (non-hydrogen) atoms. The molecule has 1 atom stereocenters. The summed E-state index contributed by atoms with van der Waals surface area (Å²) in [6, 6.07) is 6.90. The van der Waals surface area contributed by atoms with E-state index in [1.54, 1.807) is 24.1 Å². The summed E-state index contributed by atoms with van der Waals surface area (Å²) in [5.41, 5.74) is 0.592. The summed E-state index contributed by atoms with van der Waals surface area (Å²) in [6.07, 6.45) is 0.322. The molecule has 0 aliphatic heterocycles. The van der Waals surface area contributed by atoms with Gasteiger partial charge in [-0.2, -0.15) is 5.26 Å². The third kappa shape index (κ3) is 2.89. The number of nitrogens with zero attached hydrogens (tertiary/aromatic N) is 2. The van der Waals surface area contributed by atoms with Crippen molar-refractivity contribution in [2.45, 2.75) is 19.4 Å². The fraction of sp³-hybridized carbons (Fsp3) is 0.333. The highest BCUT2D eigenvalue weighted by Crippen LogP contribution is 2.28. The third-order valence-electron chi connectivity index (χ3n) is 2.63. The Morgan fingerprint density at radius 2 is 2.29 bits per heavy atom. The maximum Gasteiger partial charge on any atom is 0.339 e. The van der Waals surface area contributed by atoms with Crippen LogP contribution < -0.4 is 4.90 Å². The average Bonchev–Trinajstić information content (AvgIpc) is 2.27. The van der Waals surface area contributed by atoms with E-state index in [-0.39, 0.29) is 16.6 Å². The third-order valence-corrected chi connectivity index (χ3v) is 2.95. The summed E-state index contributed by atoms with van der Waals surface area (Å²) in [5, 5.41) is 18.0. The highest BCUT2D eigenvalue weighted by molar-refractivity contribution is 6.34. The van der Waals surface area contributed by atoms with Gasteiger partial charge in [-0.25, -0.2) is 4.79 Å². The highest BCUT2D eigenvalue weighted by atomic mass is 35.5. The lowest BCUT2D eigenvalue weighted by Crippen LogP contribution is -2.29. The summed E-state index contributed by atoms with van der Waals surface area (Å²) >= 11 is 5.88. The van der Waals surface area contributed by atoms with Crippen LogP contribution in [-0.4, -0.2) is 24.2 Å². The number of nitriles is 1. The predicted octanol–water partition coefficient (Wildman–Crippen LogP) is 2.78. The molecule has 0 fully saturated rings. The van der Waals surface area contributed by atoms with E-state index in [1.165, 1.54) is 6.07 Å². The minimum atomic E-state index is -1.07. The molecule has 1 rings (SSSR count). The molecular formula is C12H13ClN2O2. The summed E-state index contributed by atoms with van der Waals surface area (Å²) in [4.78, 5) is 12.9. The van der Waals surface area contributed by atoms with Crippen molar-refractivity contribution in [3.05, 3.63) is 28.8 Å². The first-order valence-electron chi connectivity index (χ1n) is 5.10. The summed E-state index contributed by atoms with van der Waals surface area (Å²) in [5.74, 6) is -1.07. The summed E-state index contributed by atoms with van der Waals surface area (Å²) in [6.45, 7) is 1.86. The van der Waals surface area contributed by atoms with Gasteiger partial charge in [0.25, 0.3) is 0 Å². The SMILES string of the molecule is CC(CC#N)N(C)c1cccc(Cl)c1C(=O)O. The van der Waals surface area contributed by atoms with E-state index >= 15 is 0 Å². The van der Waals surface area contributed by atoms with Crippen molar-refractivity contribution in [1.82, 2.24) is 0 Å². The second-order valence-corrected chi connectivity index (χ2v) is 4.17. The van der Waals surface area contributed by atoms with Gasteiger partial charge in [0, 0.05) is 13.1 Å². The van der Waals surface area contributed by atoms with E-state index in [9.17, 15) is 4.79 Å². The van der Waals surface area contributed by atoms with Gasteiger partial charge in [-0.15, -0.1) is 0 Å². The largest absolute Gasteiger partial charge is 0.478 e. The molecule has 0 heterocycles. The monoisotopic (exact) mass is 252 g/mol. The van der Waals surface area contributed by atoms with Crippen LogP contribution in [0.2, 0.25) is 5.02 Å². The van der Waals surface area contributed by atoms with Crippen LogP contribution in [0.4, 0.5) is 5.69 Å². The first-order valence-corrected chi connectivity index (χ1v) is 5.48. The molecule has 1 aromatic rings. The number of benzene rings is 1. The van der Waals surface area contributed by atoms with Crippen LogP contribution in [-0.2, 0) is 0 Å². The van der Waals surface area contributed by atoms with Crippen molar-refractivity contribution in [3.63, 3.8) is 0 Å². The number of carboxylic acid groups (broad SMARTS) is 1. The van der Waals surface area contributed by atoms with Crippen molar-refractivity contribution >= 4 is 23.3 Å². The van der Waals surface area contributed by atoms with Crippen LogP contribution in [0.1, 0.15) is 23.7 Å². The molecule has 0 radical (unpaired) electrons. The normalized spacial score (nSPS) is 11.6. The molecule has 0 aromatic heterocycles. The number of halogens is 1. The van der Waals surface area contributed by atoms with Crippen LogP contribution in [0.15, 0.2) is 18.2 Å². The van der Waals surface area contributed by atoms with Gasteiger partial charge >= 0.3 is 5.97 Å². The predicted molar refractivity (Wildman–Crippen MR) is 66.5 cm³/mol. The maximum absolute atomic E-state index is 11.2. The maximum atomic E-state index is 11.2. The first kappa shape index (κ1) is 13.3. The molecule has 1 N–H and O–H groups in total. The van der Waals surface area contributed by atoms with Gasteiger partial charge < -0.3 is 10.0 Å². The van der Waals surface area contributed by atoms with Crippen LogP contribution in [0, 0.1) is 11.3 Å². The average molecular weight is 253 g/mol. The van der Waals surface area contributed by atoms with Crippen molar-refractivity contribution in [2.75, 3.05) is 11.9 Å². The van der Waals surface area contributed by atoms with E-state index < -0.39 is 5.97 Å². The molecule has 5 heteroatoms. The number of rotatable bonds is 4. The van der Waals surface area contributed by atoms with Gasteiger partial charge in [0.2, 0.25) is 0 Å². The van der Waals surface area contributed by atoms with E-state index in [1.807, 2.05) is 6.92 Å². The van der Waals surface area contributed by atoms with E-state index in [0.29, 0.717) is 12.1 Å². The van der Waals surface area contributed by atoms with Crippen LogP contribution in [0.3, 0.4) is 0 Å². The zero-order chi connectivity index (χ0) is 13.0. The van der Waals surface area contributed by atoms with E-state index in [0.717, 1.165) is 0 Å². The van der Waals surface area contributed by atoms with E-state index in [2.05, 4.69) is 6.07 Å². The number of hydrogen-bond acceptors (Lipinski definition) is 3. The van der Waals surface area contributed by atoms with Crippen molar-refractivity contribution < 1.29 is 9.90 Å². The Morgan fingerprint density at radius 1 is 1.65 bits per heavy atom. The second kappa shape index (κ2) is 5.55. The molecule has 0 spiro atoms. The Kier molecular flexibility index (Phi) is 4.36. The molecule has 0 amide bonds. The first-order chi connectivity index (χ1) is 7.99. The van der Waals surface area contributed by atoms with Gasteiger partial charge in [0.1, 0.15) is 5.56 Å². The topological polar surface area (TPSA) is 64.3 Å². The zero-order valence-corrected chi connectivity index (χ0v) is 10.4. The molecule has 0 aliphatic carbocycles. The van der Waals surface area contributed by atoms with Crippen LogP contribution in [0.5, 0.6) is 0 Å². The number of hydrogen-bond donors (Lipinski definition) is 1. The fourth-order valence-corrected chi connectivity index (χ4v) is 1.78. The summed E-state index contributed by atoms with van der Waals surface area (Å²) in [7, 11) is 1.75. The molecule has 0 aliphatic rings. The molecule has 0 bridgehead atoms. The van der Waals surface area contributed by atoms with Crippen molar-refractivity contribution in [2.24, 2.45) is 0 Å². The van der Waals surface area contributed by atoms with Gasteiger partial charge in [-0.1, -0.05) is 17.7 Å². The lowest BCUT2D eigenvalue weighted by molar-refractivity contribution is 0.0697. The Bertz CT molecular complexity index is 468.